The first-order valence-electron chi connectivity index (χ1n) is 10.4. The predicted octanol–water partition coefficient (Wildman–Crippen LogP) is 2.12. The summed E-state index contributed by atoms with van der Waals surface area (Å²) in [6.07, 6.45) is 4.68. The van der Waals surface area contributed by atoms with Crippen LogP contribution in [0.3, 0.4) is 0 Å². The zero-order valence-corrected chi connectivity index (χ0v) is 17.7. The first-order valence-corrected chi connectivity index (χ1v) is 11.2. The number of nitrogens with zero attached hydrogens (tertiary/aromatic N) is 4. The first-order chi connectivity index (χ1) is 15.1. The lowest BCUT2D eigenvalue weighted by Gasteiger charge is -2.35. The molecule has 0 saturated carbocycles. The molecule has 0 spiro atoms. The maximum Gasteiger partial charge on any atom is 0.272 e. The molecule has 0 radical (unpaired) electrons. The number of hydrogen-bond donors (Lipinski definition) is 2. The highest BCUT2D eigenvalue weighted by Crippen LogP contribution is 2.30. The van der Waals surface area contributed by atoms with E-state index in [0.29, 0.717) is 47.2 Å². The van der Waals surface area contributed by atoms with Crippen LogP contribution in [0.2, 0.25) is 0 Å². The summed E-state index contributed by atoms with van der Waals surface area (Å²) in [6.45, 7) is 1.36. The highest BCUT2D eigenvalue weighted by atomic mass is 32.1. The number of aromatic amines is 2. The van der Waals surface area contributed by atoms with Gasteiger partial charge in [0.15, 0.2) is 0 Å². The third-order valence-corrected chi connectivity index (χ3v) is 6.77. The van der Waals surface area contributed by atoms with Crippen LogP contribution in [-0.2, 0) is 13.0 Å². The molecule has 3 aromatic heterocycles. The number of H-pyrrole nitrogens is 2. The minimum atomic E-state index is -0.284. The van der Waals surface area contributed by atoms with Gasteiger partial charge in [-0.1, -0.05) is 6.07 Å². The average molecular weight is 439 g/mol. The van der Waals surface area contributed by atoms with Gasteiger partial charge in [-0.15, -0.1) is 11.3 Å². The Labute approximate surface area is 182 Å². The number of amides is 2. The Morgan fingerprint density at radius 3 is 2.84 bits per heavy atom. The van der Waals surface area contributed by atoms with Crippen LogP contribution in [-0.4, -0.2) is 54.9 Å². The molecule has 1 saturated heterocycles. The van der Waals surface area contributed by atoms with Crippen molar-refractivity contribution in [2.45, 2.75) is 38.3 Å². The monoisotopic (exact) mass is 438 g/mol. The molecule has 10 heteroatoms. The number of hydrogen-bond acceptors (Lipinski definition) is 6. The molecular weight excluding hydrogens is 416 g/mol. The number of rotatable bonds is 3. The fourth-order valence-electron chi connectivity index (χ4n) is 4.32. The van der Waals surface area contributed by atoms with Crippen molar-refractivity contribution < 1.29 is 9.59 Å². The molecule has 5 rings (SSSR count). The van der Waals surface area contributed by atoms with Gasteiger partial charge in [0, 0.05) is 25.7 Å². The first kappa shape index (κ1) is 19.7. The number of piperidine rings is 1. The molecule has 5 heterocycles. The van der Waals surface area contributed by atoms with Gasteiger partial charge in [0.2, 0.25) is 0 Å². The number of likely N-dealkylation sites (tertiary alicyclic amines) is 1. The van der Waals surface area contributed by atoms with Crippen molar-refractivity contribution in [1.29, 1.82) is 0 Å². The van der Waals surface area contributed by atoms with Gasteiger partial charge in [-0.3, -0.25) is 19.5 Å². The molecule has 1 atom stereocenters. The van der Waals surface area contributed by atoms with E-state index in [9.17, 15) is 14.4 Å². The van der Waals surface area contributed by atoms with Crippen LogP contribution in [0.1, 0.15) is 62.5 Å². The molecule has 3 aromatic rings. The van der Waals surface area contributed by atoms with Gasteiger partial charge in [0.25, 0.3) is 17.4 Å². The van der Waals surface area contributed by atoms with Gasteiger partial charge < -0.3 is 14.8 Å². The largest absolute Gasteiger partial charge is 0.333 e. The lowest BCUT2D eigenvalue weighted by molar-refractivity contribution is 0.0591. The number of nitrogens with one attached hydrogen (secondary N) is 2. The Balaban J connectivity index is 1.41. The molecule has 2 aliphatic heterocycles. The fraction of sp³-hybridized carbons (Fsp3) is 0.381. The van der Waals surface area contributed by atoms with Gasteiger partial charge in [0.1, 0.15) is 11.5 Å². The van der Waals surface area contributed by atoms with E-state index in [1.165, 1.54) is 11.3 Å². The van der Waals surface area contributed by atoms with E-state index in [1.54, 1.807) is 28.1 Å². The number of fused-ring (bicyclic) bond motifs is 1. The second-order valence-electron chi connectivity index (χ2n) is 7.81. The third kappa shape index (κ3) is 3.67. The summed E-state index contributed by atoms with van der Waals surface area (Å²) in [7, 11) is 0. The highest BCUT2D eigenvalue weighted by molar-refractivity contribution is 7.12. The van der Waals surface area contributed by atoms with E-state index in [-0.39, 0.29) is 30.0 Å². The van der Waals surface area contributed by atoms with Crippen molar-refractivity contribution in [2.24, 2.45) is 0 Å². The summed E-state index contributed by atoms with van der Waals surface area (Å²) < 4.78 is 0. The van der Waals surface area contributed by atoms with Crippen LogP contribution >= 0.6 is 11.3 Å². The highest BCUT2D eigenvalue weighted by Gasteiger charge is 2.33. The van der Waals surface area contributed by atoms with Crippen LogP contribution < -0.4 is 5.56 Å². The Morgan fingerprint density at radius 1 is 1.16 bits per heavy atom. The van der Waals surface area contributed by atoms with Gasteiger partial charge in [-0.05, 0) is 36.8 Å². The maximum atomic E-state index is 12.9. The predicted molar refractivity (Wildman–Crippen MR) is 114 cm³/mol. The van der Waals surface area contributed by atoms with E-state index in [0.717, 1.165) is 19.3 Å². The molecular formula is C21H22N6O3S. The fourth-order valence-corrected chi connectivity index (χ4v) is 5.01. The summed E-state index contributed by atoms with van der Waals surface area (Å²) in [6, 6.07) is 5.00. The topological polar surface area (TPSA) is 115 Å². The lowest BCUT2D eigenvalue weighted by atomic mass is 9.99. The Kier molecular flexibility index (Phi) is 5.14. The summed E-state index contributed by atoms with van der Waals surface area (Å²) in [4.78, 5) is 50.3. The van der Waals surface area contributed by atoms with E-state index >= 15 is 0 Å². The molecule has 31 heavy (non-hydrogen) atoms. The van der Waals surface area contributed by atoms with Gasteiger partial charge >= 0.3 is 0 Å². The molecule has 0 aliphatic carbocycles. The SMILES string of the molecule is O=C(c1cccs1)N1CCc2nc(C3CCCCN3C(=O)c3ccn[nH]3)[nH]c(=O)c2C1. The van der Waals surface area contributed by atoms with Crippen LogP contribution in [0.4, 0.5) is 0 Å². The normalized spacial score (nSPS) is 18.6. The van der Waals surface area contributed by atoms with Crippen molar-refractivity contribution in [2.75, 3.05) is 13.1 Å². The molecule has 2 amide bonds. The Bertz CT molecular complexity index is 1150. The Hall–Kier alpha value is -3.27. The smallest absolute Gasteiger partial charge is 0.272 e. The van der Waals surface area contributed by atoms with Gasteiger partial charge in [0.05, 0.1) is 28.7 Å². The van der Waals surface area contributed by atoms with Gasteiger partial charge in [-0.2, -0.15) is 5.10 Å². The number of carbonyl (C=O) groups is 2. The van der Waals surface area contributed by atoms with Crippen LogP contribution in [0.5, 0.6) is 0 Å². The third-order valence-electron chi connectivity index (χ3n) is 5.92. The molecule has 1 unspecified atom stereocenters. The molecule has 160 valence electrons. The second-order valence-corrected chi connectivity index (χ2v) is 8.76. The minimum Gasteiger partial charge on any atom is -0.333 e. The van der Waals surface area contributed by atoms with Crippen molar-refractivity contribution in [3.63, 3.8) is 0 Å². The van der Waals surface area contributed by atoms with Crippen molar-refractivity contribution in [3.05, 3.63) is 67.8 Å². The zero-order valence-electron chi connectivity index (χ0n) is 16.8. The minimum absolute atomic E-state index is 0.0623. The van der Waals surface area contributed by atoms with E-state index in [1.807, 2.05) is 11.4 Å². The Morgan fingerprint density at radius 2 is 2.06 bits per heavy atom. The molecule has 9 nitrogen and oxygen atoms in total. The molecule has 0 aromatic carbocycles. The number of aromatic nitrogens is 4. The summed E-state index contributed by atoms with van der Waals surface area (Å²) in [5.74, 6) is 0.317. The zero-order chi connectivity index (χ0) is 21.4. The summed E-state index contributed by atoms with van der Waals surface area (Å²) in [5.41, 5.74) is 1.44. The molecule has 2 N–H and O–H groups in total. The average Bonchev–Trinajstić information content (AvgIpc) is 3.52. The van der Waals surface area contributed by atoms with Crippen LogP contribution in [0, 0.1) is 0 Å². The van der Waals surface area contributed by atoms with Crippen LogP contribution in [0.15, 0.2) is 34.6 Å². The van der Waals surface area contributed by atoms with Crippen molar-refractivity contribution >= 4 is 23.2 Å². The summed E-state index contributed by atoms with van der Waals surface area (Å²) in [5, 5.41) is 8.46. The quantitative estimate of drug-likeness (QED) is 0.650. The van der Waals surface area contributed by atoms with E-state index in [4.69, 9.17) is 4.98 Å². The molecule has 0 bridgehead atoms. The van der Waals surface area contributed by atoms with Gasteiger partial charge in [-0.25, -0.2) is 4.98 Å². The van der Waals surface area contributed by atoms with Crippen molar-refractivity contribution in [3.8, 4) is 0 Å². The molecule has 2 aliphatic rings. The standard InChI is InChI=1S/C21H22N6O3S/c28-19-13-12-26(21(30)17-5-3-11-31-17)10-7-14(13)23-18(24-19)16-4-1-2-9-27(16)20(29)15-6-8-22-25-15/h3,5-6,8,11,16H,1-2,4,7,9-10,12H2,(H,22,25)(H,23,24,28). The number of thiophene rings is 1. The molecule has 1 fully saturated rings. The number of carbonyl (C=O) groups excluding carboxylic acids is 2. The summed E-state index contributed by atoms with van der Waals surface area (Å²) >= 11 is 1.40. The van der Waals surface area contributed by atoms with Crippen molar-refractivity contribution in [1.82, 2.24) is 30.0 Å². The van der Waals surface area contributed by atoms with E-state index < -0.39 is 0 Å². The van der Waals surface area contributed by atoms with E-state index in [2.05, 4.69) is 15.2 Å². The van der Waals surface area contributed by atoms with Crippen LogP contribution in [0.25, 0.3) is 0 Å². The maximum absolute atomic E-state index is 12.9. The second kappa shape index (κ2) is 8.10. The lowest BCUT2D eigenvalue weighted by Crippen LogP contribution is -2.42.